The number of ether oxygens (including phenoxy) is 1. The molecule has 46 heavy (non-hydrogen) atoms. The fraction of sp³-hybridized carbons (Fsp3) is 0.677. The number of nitriles is 1. The van der Waals surface area contributed by atoms with Crippen LogP contribution in [0.1, 0.15) is 73.2 Å². The molecule has 3 aromatic heterocycles. The summed E-state index contributed by atoms with van der Waals surface area (Å²) in [5.74, 6) is 1.32. The molecule has 4 saturated heterocycles. The number of nitrogens with two attached hydrogens (primary N) is 1. The average molecular weight is 655 g/mol. The summed E-state index contributed by atoms with van der Waals surface area (Å²) in [6.07, 6.45) is 4.26. The van der Waals surface area contributed by atoms with E-state index in [1.54, 1.807) is 6.92 Å². The Hall–Kier alpha value is -3.32. The number of aromatic nitrogens is 5. The zero-order chi connectivity index (χ0) is 32.2. The van der Waals surface area contributed by atoms with Gasteiger partial charge in [0, 0.05) is 42.5 Å². The van der Waals surface area contributed by atoms with Crippen LogP contribution >= 0.6 is 11.3 Å². The number of hydrogen-bond donors (Lipinski definition) is 2. The molecule has 7 heterocycles. The SMILES string of the molecule is CN1C2CNCC1C(F)C2.Cc1nc(OCC23CCCN2C[C@H](F)C3)nc(-c2noc([C@@]3(C)CCCc4sc(N)c(C#N)c43)n2)n1. The Kier molecular flexibility index (Phi) is 8.19. The number of alkyl halides is 2. The second kappa shape index (κ2) is 12.0. The van der Waals surface area contributed by atoms with Crippen molar-refractivity contribution in [3.8, 4) is 23.7 Å². The zero-order valence-corrected chi connectivity index (χ0v) is 27.2. The number of likely N-dealkylation sites (N-methyl/N-ethyl adjacent to an activating group) is 1. The van der Waals surface area contributed by atoms with Crippen LogP contribution in [-0.4, -0.2) is 105 Å². The van der Waals surface area contributed by atoms with E-state index in [2.05, 4.69) is 46.3 Å². The number of aryl methyl sites for hydroxylation is 2. The molecular formula is C31H40F2N10O2S. The van der Waals surface area contributed by atoms with E-state index in [0.29, 0.717) is 47.9 Å². The van der Waals surface area contributed by atoms with Crippen LogP contribution in [0.25, 0.3) is 11.6 Å². The third-order valence-electron chi connectivity index (χ3n) is 10.6. The summed E-state index contributed by atoms with van der Waals surface area (Å²) >= 11 is 1.46. The number of anilines is 1. The van der Waals surface area contributed by atoms with E-state index in [-0.39, 0.29) is 29.2 Å². The molecule has 12 nitrogen and oxygen atoms in total. The number of thiophene rings is 1. The maximum atomic E-state index is 14.1. The minimum absolute atomic E-state index is 0.152. The van der Waals surface area contributed by atoms with E-state index in [1.807, 2.05) is 14.0 Å². The molecule has 6 atom stereocenters. The van der Waals surface area contributed by atoms with Gasteiger partial charge in [-0.25, -0.2) is 13.8 Å². The Morgan fingerprint density at radius 2 is 2.02 bits per heavy atom. The van der Waals surface area contributed by atoms with E-state index in [1.165, 1.54) is 11.3 Å². The molecule has 4 fully saturated rings. The van der Waals surface area contributed by atoms with Gasteiger partial charge in [-0.3, -0.25) is 9.80 Å². The molecule has 8 rings (SSSR count). The van der Waals surface area contributed by atoms with Crippen molar-refractivity contribution in [3.63, 3.8) is 0 Å². The van der Waals surface area contributed by atoms with E-state index in [4.69, 9.17) is 15.0 Å². The summed E-state index contributed by atoms with van der Waals surface area (Å²) in [5.41, 5.74) is 6.59. The van der Waals surface area contributed by atoms with Gasteiger partial charge in [-0.05, 0) is 66.0 Å². The van der Waals surface area contributed by atoms with Crippen molar-refractivity contribution in [2.24, 2.45) is 0 Å². The maximum Gasteiger partial charge on any atom is 0.320 e. The summed E-state index contributed by atoms with van der Waals surface area (Å²) < 4.78 is 38.9. The van der Waals surface area contributed by atoms with E-state index >= 15 is 0 Å². The first-order valence-electron chi connectivity index (χ1n) is 16.1. The number of nitrogen functional groups attached to an aromatic ring is 1. The first-order valence-corrected chi connectivity index (χ1v) is 16.9. The highest BCUT2D eigenvalue weighted by molar-refractivity contribution is 7.16. The number of nitrogens with one attached hydrogen (secondary N) is 1. The Balaban J connectivity index is 0.000000286. The number of halogens is 2. The largest absolute Gasteiger partial charge is 0.461 e. The Morgan fingerprint density at radius 3 is 2.80 bits per heavy atom. The third kappa shape index (κ3) is 5.42. The van der Waals surface area contributed by atoms with Gasteiger partial charge >= 0.3 is 6.01 Å². The molecule has 0 aromatic carbocycles. The van der Waals surface area contributed by atoms with E-state index < -0.39 is 17.8 Å². The van der Waals surface area contributed by atoms with Gasteiger partial charge in [-0.15, -0.1) is 11.3 Å². The molecule has 4 unspecified atom stereocenters. The zero-order valence-electron chi connectivity index (χ0n) is 26.4. The molecule has 0 radical (unpaired) electrons. The Bertz CT molecular complexity index is 1650. The molecule has 5 aliphatic rings. The highest BCUT2D eigenvalue weighted by Crippen LogP contribution is 2.48. The molecule has 0 spiro atoms. The molecular weight excluding hydrogens is 614 g/mol. The molecule has 3 N–H and O–H groups in total. The van der Waals surface area contributed by atoms with Crippen LogP contribution in [0.3, 0.4) is 0 Å². The summed E-state index contributed by atoms with van der Waals surface area (Å²) in [6, 6.07) is 3.02. The van der Waals surface area contributed by atoms with Gasteiger partial charge in [-0.1, -0.05) is 5.16 Å². The van der Waals surface area contributed by atoms with Crippen molar-refractivity contribution in [2.45, 2.75) is 94.2 Å². The van der Waals surface area contributed by atoms with Crippen molar-refractivity contribution in [1.29, 1.82) is 5.26 Å². The van der Waals surface area contributed by atoms with Crippen LogP contribution in [0, 0.1) is 18.3 Å². The lowest BCUT2D eigenvalue weighted by Crippen LogP contribution is -2.50. The highest BCUT2D eigenvalue weighted by Gasteiger charge is 2.49. The van der Waals surface area contributed by atoms with Crippen molar-refractivity contribution in [2.75, 3.05) is 45.6 Å². The lowest BCUT2D eigenvalue weighted by molar-refractivity contribution is 0.107. The molecule has 15 heteroatoms. The predicted octanol–water partition coefficient (Wildman–Crippen LogP) is 3.34. The fourth-order valence-corrected chi connectivity index (χ4v) is 9.31. The number of piperazine rings is 1. The van der Waals surface area contributed by atoms with Gasteiger partial charge in [0.25, 0.3) is 0 Å². The van der Waals surface area contributed by atoms with Gasteiger partial charge in [0.1, 0.15) is 35.8 Å². The highest BCUT2D eigenvalue weighted by atomic mass is 32.1. The summed E-state index contributed by atoms with van der Waals surface area (Å²) in [7, 11) is 2.02. The quantitative estimate of drug-likeness (QED) is 0.415. The topological polar surface area (TPSA) is 155 Å². The standard InChI is InChI=1S/C24H27FN8O2S.C7H13FN2/c1-13-28-19(31-22(29-13)34-12-24-7-4-8-33(24)11-14(25)9-24)20-30-21(35-32-20)23(2)6-3-5-16-17(23)15(10-26)18(27)36-16;1-10-5-2-6(8)7(10)4-9-3-5/h14H,3-9,11-12,27H2,1-2H3;5-7,9H,2-4H2,1H3/t14-,23+,24?;/m1./s1. The van der Waals surface area contributed by atoms with Gasteiger partial charge in [0.15, 0.2) is 0 Å². The second-order valence-electron chi connectivity index (χ2n) is 13.5. The van der Waals surface area contributed by atoms with Crippen LogP contribution in [0.2, 0.25) is 0 Å². The first kappa shape index (κ1) is 31.3. The fourth-order valence-electron chi connectivity index (χ4n) is 8.12. The number of rotatable bonds is 5. The van der Waals surface area contributed by atoms with Crippen molar-refractivity contribution >= 4 is 16.3 Å². The summed E-state index contributed by atoms with van der Waals surface area (Å²) in [6.45, 7) is 7.22. The van der Waals surface area contributed by atoms with E-state index in [0.717, 1.165) is 68.6 Å². The second-order valence-corrected chi connectivity index (χ2v) is 14.6. The van der Waals surface area contributed by atoms with Crippen LogP contribution in [0.4, 0.5) is 13.8 Å². The minimum Gasteiger partial charge on any atom is -0.461 e. The molecule has 4 aliphatic heterocycles. The van der Waals surface area contributed by atoms with Crippen LogP contribution < -0.4 is 15.8 Å². The van der Waals surface area contributed by atoms with Gasteiger partial charge in [0.05, 0.1) is 22.6 Å². The monoisotopic (exact) mass is 654 g/mol. The Labute approximate surface area is 270 Å². The molecule has 0 saturated carbocycles. The van der Waals surface area contributed by atoms with Crippen LogP contribution in [0.15, 0.2) is 4.52 Å². The molecule has 2 bridgehead atoms. The third-order valence-corrected chi connectivity index (χ3v) is 11.6. The normalized spacial score (nSPS) is 32.0. The molecule has 1 aliphatic carbocycles. The van der Waals surface area contributed by atoms with Crippen LogP contribution in [0.5, 0.6) is 6.01 Å². The van der Waals surface area contributed by atoms with E-state index in [9.17, 15) is 14.0 Å². The van der Waals surface area contributed by atoms with Gasteiger partial charge in [-0.2, -0.15) is 20.2 Å². The maximum absolute atomic E-state index is 14.1. The van der Waals surface area contributed by atoms with Crippen LogP contribution in [-0.2, 0) is 11.8 Å². The van der Waals surface area contributed by atoms with Gasteiger partial charge < -0.3 is 20.3 Å². The minimum atomic E-state index is -0.830. The van der Waals surface area contributed by atoms with Crippen molar-refractivity contribution < 1.29 is 18.0 Å². The average Bonchev–Trinajstić information content (AvgIpc) is 3.81. The Morgan fingerprint density at radius 1 is 1.17 bits per heavy atom. The molecule has 0 amide bonds. The smallest absolute Gasteiger partial charge is 0.320 e. The lowest BCUT2D eigenvalue weighted by atomic mass is 9.72. The van der Waals surface area contributed by atoms with Gasteiger partial charge in [0.2, 0.25) is 17.5 Å². The molecule has 3 aromatic rings. The predicted molar refractivity (Wildman–Crippen MR) is 167 cm³/mol. The number of fused-ring (bicyclic) bond motifs is 4. The first-order chi connectivity index (χ1) is 22.1. The number of hydrogen-bond acceptors (Lipinski definition) is 13. The lowest BCUT2D eigenvalue weighted by Gasteiger charge is -2.31. The summed E-state index contributed by atoms with van der Waals surface area (Å²) in [5, 5.41) is 17.6. The summed E-state index contributed by atoms with van der Waals surface area (Å²) in [4.78, 5) is 23.3. The van der Waals surface area contributed by atoms with Crippen molar-refractivity contribution in [1.82, 2.24) is 40.2 Å². The molecule has 246 valence electrons. The van der Waals surface area contributed by atoms with Crippen molar-refractivity contribution in [3.05, 3.63) is 27.7 Å². The number of nitrogens with zero attached hydrogens (tertiary/aromatic N) is 8.